The second-order valence-corrected chi connectivity index (χ2v) is 17.8. The van der Waals surface area contributed by atoms with Gasteiger partial charge in [0.05, 0.1) is 27.7 Å². The molecule has 2 atom stereocenters. The molecule has 0 heterocycles. The molecular weight excluding hydrogens is 750 g/mol. The topological polar surface area (TPSA) is 111 Å². The summed E-state index contributed by atoms with van der Waals surface area (Å²) in [6, 6.07) is 0. The van der Waals surface area contributed by atoms with Crippen molar-refractivity contribution in [3.63, 3.8) is 0 Å². The Morgan fingerprint density at radius 1 is 0.552 bits per heavy atom. The summed E-state index contributed by atoms with van der Waals surface area (Å²) in [5.41, 5.74) is 0. The summed E-state index contributed by atoms with van der Waals surface area (Å²) in [6.07, 6.45) is 48.2. The van der Waals surface area contributed by atoms with Crippen molar-refractivity contribution >= 4 is 19.8 Å². The fraction of sp³-hybridized carbons (Fsp3) is 0.750. The Kier molecular flexibility index (Phi) is 38.5. The number of allylic oxidation sites excluding steroid dienone is 10. The highest BCUT2D eigenvalue weighted by Gasteiger charge is 2.21. The summed E-state index contributed by atoms with van der Waals surface area (Å²) in [4.78, 5) is 37.6. The molecule has 0 saturated carbocycles. The summed E-state index contributed by atoms with van der Waals surface area (Å²) in [6.45, 7) is 4.05. The maximum Gasteiger partial charge on any atom is 0.306 e. The van der Waals surface area contributed by atoms with Crippen LogP contribution >= 0.6 is 7.82 Å². The van der Waals surface area contributed by atoms with E-state index in [1.165, 1.54) is 83.5 Å². The first-order valence-electron chi connectivity index (χ1n) is 23.0. The predicted octanol–water partition coefficient (Wildman–Crippen LogP) is 12.6. The van der Waals surface area contributed by atoms with Crippen molar-refractivity contribution in [2.24, 2.45) is 0 Å². The van der Waals surface area contributed by atoms with Crippen LogP contribution < -0.4 is 4.89 Å². The Morgan fingerprint density at radius 2 is 0.983 bits per heavy atom. The number of likely N-dealkylation sites (N-methyl/N-ethyl adjacent to an activating group) is 1. The van der Waals surface area contributed by atoms with E-state index in [1.54, 1.807) is 0 Å². The summed E-state index contributed by atoms with van der Waals surface area (Å²) in [5, 5.41) is 0. The van der Waals surface area contributed by atoms with Crippen LogP contribution in [0.4, 0.5) is 0 Å². The smallest absolute Gasteiger partial charge is 0.306 e. The number of hydrogen-bond acceptors (Lipinski definition) is 8. The van der Waals surface area contributed by atoms with Crippen LogP contribution in [0.5, 0.6) is 0 Å². The molecule has 10 heteroatoms. The lowest BCUT2D eigenvalue weighted by Crippen LogP contribution is -2.37. The molecule has 0 saturated heterocycles. The second kappa shape index (κ2) is 40.1. The highest BCUT2D eigenvalue weighted by atomic mass is 31.2. The SMILES string of the molecule is CC/C=C/C/C=C/C/C=C/C/C=C/CCCCC(=O)O[C@H](COC(=O)CCCCCCCCCCC/C=C/CCCCCCCC)COP(=O)([O-])OCC[N+](C)(C)C. The number of nitrogens with zero attached hydrogens (tertiary/aromatic N) is 1. The third kappa shape index (κ3) is 43.3. The van der Waals surface area contributed by atoms with Crippen LogP contribution in [0.2, 0.25) is 0 Å². The van der Waals surface area contributed by atoms with Gasteiger partial charge in [0.15, 0.2) is 6.10 Å². The van der Waals surface area contributed by atoms with Crippen LogP contribution in [0, 0.1) is 0 Å². The molecule has 0 bridgehead atoms. The Balaban J connectivity index is 4.37. The van der Waals surface area contributed by atoms with Crippen molar-refractivity contribution in [2.75, 3.05) is 47.5 Å². The number of quaternary nitrogens is 1. The number of carbonyl (C=O) groups is 2. The molecule has 0 amide bonds. The van der Waals surface area contributed by atoms with Crippen molar-refractivity contribution in [1.29, 1.82) is 0 Å². The molecule has 1 unspecified atom stereocenters. The zero-order valence-corrected chi connectivity index (χ0v) is 38.6. The fourth-order valence-corrected chi connectivity index (χ4v) is 6.66. The summed E-state index contributed by atoms with van der Waals surface area (Å²) in [7, 11) is 1.13. The molecule has 0 aromatic heterocycles. The lowest BCUT2D eigenvalue weighted by atomic mass is 10.1. The Morgan fingerprint density at radius 3 is 1.52 bits per heavy atom. The molecule has 0 fully saturated rings. The highest BCUT2D eigenvalue weighted by molar-refractivity contribution is 7.45. The molecule has 0 rings (SSSR count). The van der Waals surface area contributed by atoms with Gasteiger partial charge in [-0.1, -0.05) is 152 Å². The Labute approximate surface area is 356 Å². The predicted molar refractivity (Wildman–Crippen MR) is 240 cm³/mol. The quantitative estimate of drug-likeness (QED) is 0.0197. The largest absolute Gasteiger partial charge is 0.756 e. The molecular formula is C48H86NO8P. The maximum absolute atomic E-state index is 12.7. The van der Waals surface area contributed by atoms with E-state index < -0.39 is 32.5 Å². The van der Waals surface area contributed by atoms with Crippen molar-refractivity contribution < 1.29 is 42.1 Å². The molecule has 0 N–H and O–H groups in total. The minimum atomic E-state index is -4.64. The number of rotatable bonds is 41. The van der Waals surface area contributed by atoms with Crippen molar-refractivity contribution in [3.8, 4) is 0 Å². The van der Waals surface area contributed by atoms with Crippen molar-refractivity contribution in [2.45, 2.75) is 187 Å². The van der Waals surface area contributed by atoms with Crippen molar-refractivity contribution in [1.82, 2.24) is 0 Å². The zero-order valence-electron chi connectivity index (χ0n) is 37.7. The number of phosphoric ester groups is 1. The second-order valence-electron chi connectivity index (χ2n) is 16.4. The van der Waals surface area contributed by atoms with Crippen LogP contribution in [-0.4, -0.2) is 70.0 Å². The van der Waals surface area contributed by atoms with E-state index in [0.29, 0.717) is 17.4 Å². The zero-order chi connectivity index (χ0) is 42.8. The molecule has 0 aliphatic carbocycles. The number of ether oxygens (including phenoxy) is 2. The average molecular weight is 836 g/mol. The molecule has 58 heavy (non-hydrogen) atoms. The van der Waals surface area contributed by atoms with Gasteiger partial charge in [0.2, 0.25) is 0 Å². The number of esters is 2. The maximum atomic E-state index is 12.7. The Hall–Kier alpha value is -2.29. The number of phosphoric acid groups is 1. The van der Waals surface area contributed by atoms with Gasteiger partial charge in [-0.15, -0.1) is 0 Å². The van der Waals surface area contributed by atoms with Crippen LogP contribution in [0.25, 0.3) is 0 Å². The molecule has 336 valence electrons. The van der Waals surface area contributed by atoms with Crippen LogP contribution in [0.1, 0.15) is 181 Å². The van der Waals surface area contributed by atoms with Gasteiger partial charge in [-0.3, -0.25) is 14.2 Å². The fourth-order valence-electron chi connectivity index (χ4n) is 5.93. The van der Waals surface area contributed by atoms with E-state index in [4.69, 9.17) is 18.5 Å². The van der Waals surface area contributed by atoms with Gasteiger partial charge >= 0.3 is 11.9 Å². The van der Waals surface area contributed by atoms with Gasteiger partial charge in [-0.25, -0.2) is 0 Å². The molecule has 0 aliphatic rings. The van der Waals surface area contributed by atoms with Gasteiger partial charge in [-0.2, -0.15) is 0 Å². The average Bonchev–Trinajstić information content (AvgIpc) is 3.17. The molecule has 0 spiro atoms. The lowest BCUT2D eigenvalue weighted by molar-refractivity contribution is -0.870. The summed E-state index contributed by atoms with van der Waals surface area (Å²) < 4.78 is 33.9. The minimum absolute atomic E-state index is 0.0414. The molecule has 0 aromatic rings. The van der Waals surface area contributed by atoms with E-state index in [2.05, 4.69) is 74.6 Å². The number of hydrogen-bond donors (Lipinski definition) is 0. The number of unbranched alkanes of at least 4 members (excludes halogenated alkanes) is 17. The lowest BCUT2D eigenvalue weighted by Gasteiger charge is -2.28. The van der Waals surface area contributed by atoms with Gasteiger partial charge in [0.25, 0.3) is 7.82 Å². The van der Waals surface area contributed by atoms with Gasteiger partial charge in [0, 0.05) is 12.8 Å². The summed E-state index contributed by atoms with van der Waals surface area (Å²) >= 11 is 0. The monoisotopic (exact) mass is 836 g/mol. The van der Waals surface area contributed by atoms with Crippen LogP contribution in [-0.2, 0) is 32.7 Å². The molecule has 0 aliphatic heterocycles. The van der Waals surface area contributed by atoms with Gasteiger partial charge in [-0.05, 0) is 77.0 Å². The van der Waals surface area contributed by atoms with Crippen LogP contribution in [0.15, 0.2) is 60.8 Å². The van der Waals surface area contributed by atoms with Crippen LogP contribution in [0.3, 0.4) is 0 Å². The molecule has 0 aromatic carbocycles. The first-order valence-corrected chi connectivity index (χ1v) is 24.5. The van der Waals surface area contributed by atoms with Gasteiger partial charge < -0.3 is 27.9 Å². The first-order chi connectivity index (χ1) is 28.0. The minimum Gasteiger partial charge on any atom is -0.756 e. The van der Waals surface area contributed by atoms with E-state index in [0.717, 1.165) is 64.2 Å². The highest BCUT2D eigenvalue weighted by Crippen LogP contribution is 2.38. The van der Waals surface area contributed by atoms with E-state index >= 15 is 0 Å². The van der Waals surface area contributed by atoms with E-state index in [-0.39, 0.29) is 26.1 Å². The third-order valence-corrected chi connectivity index (χ3v) is 10.5. The third-order valence-electron chi connectivity index (χ3n) is 9.52. The van der Waals surface area contributed by atoms with Gasteiger partial charge in [0.1, 0.15) is 19.8 Å². The normalized spacial score (nSPS) is 14.1. The van der Waals surface area contributed by atoms with E-state index in [1.807, 2.05) is 21.1 Å². The summed E-state index contributed by atoms with van der Waals surface area (Å²) in [5.74, 6) is -0.887. The Bertz CT molecular complexity index is 1170. The molecule has 0 radical (unpaired) electrons. The van der Waals surface area contributed by atoms with Crippen molar-refractivity contribution in [3.05, 3.63) is 60.8 Å². The first kappa shape index (κ1) is 55.7. The standard InChI is InChI=1S/C48H86NO8P/c1-6-8-10-12-14-16-18-20-22-23-24-25-27-28-30-32-34-36-38-40-47(50)54-44-46(45-56-58(52,53)55-43-42-49(3,4)5)57-48(51)41-39-37-35-33-31-29-26-21-19-17-15-13-11-9-7-2/h9,11,15,17,20-22,26,31,33,46H,6-8,10,12-14,16,18-19,23-25,27-30,32,34-45H2,1-5H3/b11-9+,17-15+,22-20+,26-21+,33-31+/t46-/m1/s1. The number of carbonyl (C=O) groups excluding carboxylic acids is 2. The molecule has 9 nitrogen and oxygen atoms in total. The van der Waals surface area contributed by atoms with E-state index in [9.17, 15) is 19.0 Å².